The first-order valence-corrected chi connectivity index (χ1v) is 9.11. The standard InChI is InChI=1S/C21H30O3/c1-3-5-6-7-8-9-10-14-17-19(21(23)24-4-2)20(22)18-15-12-11-13-16-18/h4,11-13,15-16,19H,2-3,5-10,14,17H2,1H3. The predicted octanol–water partition coefficient (Wildman–Crippen LogP) is 5.70. The Kier molecular flexibility index (Phi) is 10.5. The number of ketones is 1. The number of Topliss-reactive ketones (excluding diaryl/α,β-unsaturated/α-hetero) is 1. The summed E-state index contributed by atoms with van der Waals surface area (Å²) in [6.45, 7) is 5.62. The lowest BCUT2D eigenvalue weighted by Crippen LogP contribution is -2.25. The van der Waals surface area contributed by atoms with Crippen LogP contribution in [0.5, 0.6) is 0 Å². The van der Waals surface area contributed by atoms with Crippen molar-refractivity contribution in [3.63, 3.8) is 0 Å². The molecule has 0 spiro atoms. The van der Waals surface area contributed by atoms with Crippen LogP contribution in [-0.4, -0.2) is 11.8 Å². The van der Waals surface area contributed by atoms with Crippen LogP contribution >= 0.6 is 0 Å². The topological polar surface area (TPSA) is 43.4 Å². The highest BCUT2D eigenvalue weighted by molar-refractivity contribution is 6.08. The van der Waals surface area contributed by atoms with E-state index < -0.39 is 11.9 Å². The Bertz CT molecular complexity index is 493. The summed E-state index contributed by atoms with van der Waals surface area (Å²) in [4.78, 5) is 24.6. The van der Waals surface area contributed by atoms with Gasteiger partial charge in [-0.25, -0.2) is 0 Å². The Morgan fingerprint density at radius 2 is 1.58 bits per heavy atom. The minimum Gasteiger partial charge on any atom is -0.435 e. The fraction of sp³-hybridized carbons (Fsp3) is 0.524. The third-order valence-electron chi connectivity index (χ3n) is 4.21. The van der Waals surface area contributed by atoms with E-state index in [2.05, 4.69) is 13.5 Å². The number of hydrogen-bond acceptors (Lipinski definition) is 3. The van der Waals surface area contributed by atoms with Crippen LogP contribution in [0.4, 0.5) is 0 Å². The van der Waals surface area contributed by atoms with Crippen molar-refractivity contribution in [2.45, 2.75) is 64.7 Å². The van der Waals surface area contributed by atoms with Gasteiger partial charge in [-0.05, 0) is 6.42 Å². The molecule has 0 saturated heterocycles. The highest BCUT2D eigenvalue weighted by Crippen LogP contribution is 2.19. The number of carbonyl (C=O) groups excluding carboxylic acids is 2. The summed E-state index contributed by atoms with van der Waals surface area (Å²) in [7, 11) is 0. The van der Waals surface area contributed by atoms with Crippen molar-refractivity contribution in [2.75, 3.05) is 0 Å². The van der Waals surface area contributed by atoms with Crippen LogP contribution < -0.4 is 0 Å². The molecular formula is C21H30O3. The van der Waals surface area contributed by atoms with Gasteiger partial charge >= 0.3 is 5.97 Å². The molecule has 0 aliphatic carbocycles. The van der Waals surface area contributed by atoms with Gasteiger partial charge in [0.25, 0.3) is 0 Å². The molecule has 0 radical (unpaired) electrons. The first-order chi connectivity index (χ1) is 11.7. The molecule has 1 aromatic rings. The summed E-state index contributed by atoms with van der Waals surface area (Å²) >= 11 is 0. The normalized spacial score (nSPS) is 11.7. The summed E-state index contributed by atoms with van der Waals surface area (Å²) in [6.07, 6.45) is 11.1. The highest BCUT2D eigenvalue weighted by atomic mass is 16.5. The summed E-state index contributed by atoms with van der Waals surface area (Å²) in [5.41, 5.74) is 0.558. The van der Waals surface area contributed by atoms with Crippen molar-refractivity contribution < 1.29 is 14.3 Å². The molecule has 1 aromatic carbocycles. The van der Waals surface area contributed by atoms with Crippen molar-refractivity contribution in [2.24, 2.45) is 5.92 Å². The molecule has 0 amide bonds. The van der Waals surface area contributed by atoms with Crippen LogP contribution in [0.25, 0.3) is 0 Å². The van der Waals surface area contributed by atoms with Crippen molar-refractivity contribution in [1.29, 1.82) is 0 Å². The molecule has 1 rings (SSSR count). The molecule has 0 heterocycles. The summed E-state index contributed by atoms with van der Waals surface area (Å²) in [6, 6.07) is 8.94. The SMILES string of the molecule is C=COC(=O)C(CCCCCCCCCC)C(=O)c1ccccc1. The minimum atomic E-state index is -0.731. The van der Waals surface area contributed by atoms with Crippen LogP contribution in [0.1, 0.15) is 75.1 Å². The van der Waals surface area contributed by atoms with Gasteiger partial charge in [0.05, 0.1) is 6.26 Å². The van der Waals surface area contributed by atoms with E-state index in [9.17, 15) is 9.59 Å². The first kappa shape index (κ1) is 20.1. The Morgan fingerprint density at radius 3 is 2.17 bits per heavy atom. The molecule has 0 aliphatic heterocycles. The van der Waals surface area contributed by atoms with Crippen molar-refractivity contribution in [3.05, 3.63) is 48.7 Å². The quantitative estimate of drug-likeness (QED) is 0.153. The summed E-state index contributed by atoms with van der Waals surface area (Å²) in [5, 5.41) is 0. The smallest absolute Gasteiger partial charge is 0.321 e. The molecule has 0 aromatic heterocycles. The Hall–Kier alpha value is -1.90. The fourth-order valence-electron chi connectivity index (χ4n) is 2.81. The number of ether oxygens (including phenoxy) is 1. The second-order valence-electron chi connectivity index (χ2n) is 6.15. The van der Waals surface area contributed by atoms with Crippen LogP contribution in [-0.2, 0) is 9.53 Å². The van der Waals surface area contributed by atoms with Gasteiger partial charge in [0.1, 0.15) is 5.92 Å². The monoisotopic (exact) mass is 330 g/mol. The largest absolute Gasteiger partial charge is 0.435 e. The van der Waals surface area contributed by atoms with Gasteiger partial charge in [0.15, 0.2) is 5.78 Å². The summed E-state index contributed by atoms with van der Waals surface area (Å²) < 4.78 is 4.87. The maximum absolute atomic E-state index is 12.6. The van der Waals surface area contributed by atoms with Gasteiger partial charge in [-0.3, -0.25) is 9.59 Å². The third kappa shape index (κ3) is 7.58. The molecule has 0 saturated carbocycles. The number of esters is 1. The third-order valence-corrected chi connectivity index (χ3v) is 4.21. The number of unbranched alkanes of at least 4 members (excludes halogenated alkanes) is 7. The zero-order chi connectivity index (χ0) is 17.6. The highest BCUT2D eigenvalue weighted by Gasteiger charge is 2.28. The average Bonchev–Trinajstić information content (AvgIpc) is 2.61. The van der Waals surface area contributed by atoms with E-state index in [0.717, 1.165) is 25.5 Å². The van der Waals surface area contributed by atoms with Crippen LogP contribution in [0.15, 0.2) is 43.2 Å². The van der Waals surface area contributed by atoms with Gasteiger partial charge in [-0.1, -0.05) is 95.2 Å². The predicted molar refractivity (Wildman–Crippen MR) is 97.8 cm³/mol. The molecular weight excluding hydrogens is 300 g/mol. The average molecular weight is 330 g/mol. The van der Waals surface area contributed by atoms with Crippen LogP contribution in [0, 0.1) is 5.92 Å². The van der Waals surface area contributed by atoms with Gasteiger partial charge in [-0.15, -0.1) is 0 Å². The minimum absolute atomic E-state index is 0.162. The molecule has 0 fully saturated rings. The second-order valence-corrected chi connectivity index (χ2v) is 6.15. The summed E-state index contributed by atoms with van der Waals surface area (Å²) in [5.74, 6) is -1.39. The fourth-order valence-corrected chi connectivity index (χ4v) is 2.81. The van der Waals surface area contributed by atoms with Crippen LogP contribution in [0.3, 0.4) is 0 Å². The molecule has 0 N–H and O–H groups in total. The Morgan fingerprint density at radius 1 is 1.00 bits per heavy atom. The number of carbonyl (C=O) groups is 2. The van der Waals surface area contributed by atoms with Crippen molar-refractivity contribution in [3.8, 4) is 0 Å². The van der Waals surface area contributed by atoms with Gasteiger partial charge in [0.2, 0.25) is 0 Å². The van der Waals surface area contributed by atoms with Crippen molar-refractivity contribution >= 4 is 11.8 Å². The van der Waals surface area contributed by atoms with E-state index in [4.69, 9.17) is 4.74 Å². The lowest BCUT2D eigenvalue weighted by Gasteiger charge is -2.13. The van der Waals surface area contributed by atoms with Gasteiger partial charge < -0.3 is 4.74 Å². The van der Waals surface area contributed by atoms with E-state index in [1.807, 2.05) is 6.07 Å². The maximum Gasteiger partial charge on any atom is 0.321 e. The van der Waals surface area contributed by atoms with E-state index >= 15 is 0 Å². The number of rotatable bonds is 13. The van der Waals surface area contributed by atoms with E-state index in [0.29, 0.717) is 12.0 Å². The molecule has 3 heteroatoms. The zero-order valence-electron chi connectivity index (χ0n) is 14.8. The van der Waals surface area contributed by atoms with Crippen LogP contribution in [0.2, 0.25) is 0 Å². The lowest BCUT2D eigenvalue weighted by atomic mass is 9.92. The molecule has 0 aliphatic rings. The zero-order valence-corrected chi connectivity index (χ0v) is 14.8. The molecule has 24 heavy (non-hydrogen) atoms. The van der Waals surface area contributed by atoms with E-state index in [-0.39, 0.29) is 5.78 Å². The van der Waals surface area contributed by atoms with Gasteiger partial charge in [-0.2, -0.15) is 0 Å². The molecule has 1 unspecified atom stereocenters. The van der Waals surface area contributed by atoms with Crippen molar-refractivity contribution in [1.82, 2.24) is 0 Å². The number of benzene rings is 1. The maximum atomic E-state index is 12.6. The molecule has 132 valence electrons. The van der Waals surface area contributed by atoms with Gasteiger partial charge in [0, 0.05) is 5.56 Å². The Labute approximate surface area is 146 Å². The molecule has 1 atom stereocenters. The molecule has 0 bridgehead atoms. The van der Waals surface area contributed by atoms with E-state index in [1.54, 1.807) is 24.3 Å². The van der Waals surface area contributed by atoms with E-state index in [1.165, 1.54) is 32.1 Å². The molecule has 3 nitrogen and oxygen atoms in total. The second kappa shape index (κ2) is 12.5. The number of hydrogen-bond donors (Lipinski definition) is 0. The Balaban J connectivity index is 2.44. The lowest BCUT2D eigenvalue weighted by molar-refractivity contribution is -0.141. The first-order valence-electron chi connectivity index (χ1n) is 9.11.